The Morgan fingerprint density at radius 2 is 2.17 bits per heavy atom. The molecule has 0 spiro atoms. The third-order valence-corrected chi connectivity index (χ3v) is 3.06. The minimum Gasteiger partial charge on any atom is -0.396 e. The van der Waals surface area contributed by atoms with Crippen molar-refractivity contribution < 1.29 is 10.0 Å². The Labute approximate surface area is 103 Å². The molecule has 0 bridgehead atoms. The Bertz CT molecular complexity index is 462. The molecule has 1 aromatic rings. The maximum atomic E-state index is 11.0. The van der Waals surface area contributed by atoms with E-state index in [2.05, 4.69) is 20.7 Å². The molecule has 0 saturated heterocycles. The molecule has 9 heteroatoms. The van der Waals surface area contributed by atoms with Gasteiger partial charge in [0.2, 0.25) is 11.6 Å². The lowest BCUT2D eigenvalue weighted by Crippen LogP contribution is -2.21. The van der Waals surface area contributed by atoms with Crippen molar-refractivity contribution in [2.45, 2.75) is 12.8 Å². The van der Waals surface area contributed by atoms with Gasteiger partial charge in [-0.15, -0.1) is 0 Å². The summed E-state index contributed by atoms with van der Waals surface area (Å²) in [6.45, 7) is 0.492. The molecule has 1 aliphatic carbocycles. The molecule has 1 aromatic heterocycles. The molecular formula is C9H14N6O3. The van der Waals surface area contributed by atoms with Gasteiger partial charge in [0, 0.05) is 12.0 Å². The van der Waals surface area contributed by atoms with Crippen molar-refractivity contribution in [1.82, 2.24) is 9.97 Å². The zero-order chi connectivity index (χ0) is 13.2. The first kappa shape index (κ1) is 12.5. The predicted octanol–water partition coefficient (Wildman–Crippen LogP) is -0.145. The monoisotopic (exact) mass is 254 g/mol. The van der Waals surface area contributed by atoms with Crippen LogP contribution in [0.15, 0.2) is 6.33 Å². The van der Waals surface area contributed by atoms with E-state index in [1.54, 1.807) is 0 Å². The van der Waals surface area contributed by atoms with Gasteiger partial charge in [0.25, 0.3) is 0 Å². The fourth-order valence-corrected chi connectivity index (χ4v) is 1.63. The summed E-state index contributed by atoms with van der Waals surface area (Å²) >= 11 is 0. The number of nitro groups is 1. The SMILES string of the molecule is NNc1ncnc(NCC2(CO)CC2)c1[N+](=O)[O-]. The number of nitrogens with zero attached hydrogens (tertiary/aromatic N) is 3. The van der Waals surface area contributed by atoms with Crippen LogP contribution in [0.5, 0.6) is 0 Å². The Kier molecular flexibility index (Phi) is 3.26. The summed E-state index contributed by atoms with van der Waals surface area (Å²) in [7, 11) is 0. The highest BCUT2D eigenvalue weighted by Gasteiger charge is 2.42. The molecule has 1 heterocycles. The summed E-state index contributed by atoms with van der Waals surface area (Å²) in [6, 6.07) is 0. The van der Waals surface area contributed by atoms with Gasteiger partial charge in [-0.2, -0.15) is 0 Å². The maximum Gasteiger partial charge on any atom is 0.354 e. The molecule has 2 rings (SSSR count). The molecule has 1 aliphatic rings. The standard InChI is InChI=1S/C9H14N6O3/c10-14-8-6(15(17)18)7(12-5-13-8)11-3-9(4-16)1-2-9/h5,16H,1-4,10H2,(H2,11,12,13,14). The van der Waals surface area contributed by atoms with E-state index in [0.717, 1.165) is 12.8 Å². The lowest BCUT2D eigenvalue weighted by Gasteiger charge is -2.13. The average molecular weight is 254 g/mol. The fourth-order valence-electron chi connectivity index (χ4n) is 1.63. The van der Waals surface area contributed by atoms with Crippen LogP contribution in [0.1, 0.15) is 12.8 Å². The van der Waals surface area contributed by atoms with Gasteiger partial charge >= 0.3 is 5.69 Å². The lowest BCUT2D eigenvalue weighted by molar-refractivity contribution is -0.383. The number of nitrogens with two attached hydrogens (primary N) is 1. The molecule has 0 amide bonds. The van der Waals surface area contributed by atoms with Gasteiger partial charge in [0.05, 0.1) is 11.5 Å². The molecule has 98 valence electrons. The van der Waals surface area contributed by atoms with Crippen LogP contribution in [-0.4, -0.2) is 33.1 Å². The highest BCUT2D eigenvalue weighted by molar-refractivity contribution is 5.68. The van der Waals surface area contributed by atoms with Crippen molar-refractivity contribution in [3.8, 4) is 0 Å². The maximum absolute atomic E-state index is 11.0. The van der Waals surface area contributed by atoms with Crippen LogP contribution in [0.2, 0.25) is 0 Å². The summed E-state index contributed by atoms with van der Waals surface area (Å²) in [5, 5.41) is 23.0. The van der Waals surface area contributed by atoms with Gasteiger partial charge in [-0.25, -0.2) is 15.8 Å². The summed E-state index contributed by atoms with van der Waals surface area (Å²) in [5.41, 5.74) is 1.69. The fraction of sp³-hybridized carbons (Fsp3) is 0.556. The number of anilines is 2. The third-order valence-electron chi connectivity index (χ3n) is 3.06. The van der Waals surface area contributed by atoms with Crippen molar-refractivity contribution >= 4 is 17.3 Å². The molecule has 0 aliphatic heterocycles. The second kappa shape index (κ2) is 4.70. The van der Waals surface area contributed by atoms with Crippen LogP contribution in [0.4, 0.5) is 17.3 Å². The summed E-state index contributed by atoms with van der Waals surface area (Å²) in [4.78, 5) is 17.9. The van der Waals surface area contributed by atoms with E-state index < -0.39 is 4.92 Å². The van der Waals surface area contributed by atoms with E-state index in [1.807, 2.05) is 0 Å². The number of aromatic nitrogens is 2. The number of nitrogens with one attached hydrogen (secondary N) is 2. The van der Waals surface area contributed by atoms with Gasteiger partial charge in [-0.1, -0.05) is 0 Å². The van der Waals surface area contributed by atoms with Gasteiger partial charge in [0.15, 0.2) is 0 Å². The Balaban J connectivity index is 2.19. The second-order valence-corrected chi connectivity index (χ2v) is 4.33. The first-order valence-electron chi connectivity index (χ1n) is 5.43. The van der Waals surface area contributed by atoms with Crippen molar-refractivity contribution in [3.05, 3.63) is 16.4 Å². The minimum absolute atomic E-state index is 0.0497. The van der Waals surface area contributed by atoms with Crippen LogP contribution in [0.25, 0.3) is 0 Å². The molecule has 9 nitrogen and oxygen atoms in total. The number of hydrazine groups is 1. The number of aliphatic hydroxyl groups is 1. The highest BCUT2D eigenvalue weighted by Crippen LogP contribution is 2.45. The summed E-state index contributed by atoms with van der Waals surface area (Å²) < 4.78 is 0. The molecule has 0 atom stereocenters. The first-order chi connectivity index (χ1) is 8.62. The molecule has 0 unspecified atom stereocenters. The van der Waals surface area contributed by atoms with Crippen LogP contribution in [0.3, 0.4) is 0 Å². The van der Waals surface area contributed by atoms with E-state index in [9.17, 15) is 15.2 Å². The van der Waals surface area contributed by atoms with Gasteiger partial charge < -0.3 is 15.8 Å². The number of rotatable bonds is 6. The first-order valence-corrected chi connectivity index (χ1v) is 5.43. The molecular weight excluding hydrogens is 240 g/mol. The number of hydrogen-bond acceptors (Lipinski definition) is 8. The van der Waals surface area contributed by atoms with E-state index in [0.29, 0.717) is 6.54 Å². The van der Waals surface area contributed by atoms with Crippen LogP contribution < -0.4 is 16.6 Å². The van der Waals surface area contributed by atoms with Crippen molar-refractivity contribution in [2.75, 3.05) is 23.9 Å². The smallest absolute Gasteiger partial charge is 0.354 e. The van der Waals surface area contributed by atoms with E-state index in [1.165, 1.54) is 6.33 Å². The summed E-state index contributed by atoms with van der Waals surface area (Å²) in [5.74, 6) is 5.22. The molecule has 0 radical (unpaired) electrons. The van der Waals surface area contributed by atoms with Gasteiger partial charge in [-0.05, 0) is 12.8 Å². The van der Waals surface area contributed by atoms with Crippen molar-refractivity contribution in [1.29, 1.82) is 0 Å². The van der Waals surface area contributed by atoms with E-state index in [4.69, 9.17) is 5.84 Å². The molecule has 1 saturated carbocycles. The average Bonchev–Trinajstić information content (AvgIpc) is 3.16. The number of aliphatic hydroxyl groups excluding tert-OH is 1. The highest BCUT2D eigenvalue weighted by atomic mass is 16.6. The molecule has 0 aromatic carbocycles. The molecule has 5 N–H and O–H groups in total. The molecule has 1 fully saturated rings. The molecule has 18 heavy (non-hydrogen) atoms. The lowest BCUT2D eigenvalue weighted by atomic mass is 10.1. The van der Waals surface area contributed by atoms with Crippen molar-refractivity contribution in [3.63, 3.8) is 0 Å². The topological polar surface area (TPSA) is 139 Å². The van der Waals surface area contributed by atoms with Crippen LogP contribution in [-0.2, 0) is 0 Å². The number of nitrogen functional groups attached to an aromatic ring is 1. The van der Waals surface area contributed by atoms with E-state index >= 15 is 0 Å². The zero-order valence-electron chi connectivity index (χ0n) is 9.59. The Morgan fingerprint density at radius 1 is 1.50 bits per heavy atom. The zero-order valence-corrected chi connectivity index (χ0v) is 9.59. The normalized spacial score (nSPS) is 16.1. The van der Waals surface area contributed by atoms with Crippen LogP contribution in [0, 0.1) is 15.5 Å². The van der Waals surface area contributed by atoms with Crippen molar-refractivity contribution in [2.24, 2.45) is 11.3 Å². The van der Waals surface area contributed by atoms with Gasteiger partial charge in [-0.3, -0.25) is 10.1 Å². The predicted molar refractivity (Wildman–Crippen MR) is 63.7 cm³/mol. The van der Waals surface area contributed by atoms with Crippen LogP contribution >= 0.6 is 0 Å². The Morgan fingerprint density at radius 3 is 2.67 bits per heavy atom. The third kappa shape index (κ3) is 2.31. The van der Waals surface area contributed by atoms with E-state index in [-0.39, 0.29) is 29.3 Å². The number of hydrogen-bond donors (Lipinski definition) is 4. The minimum atomic E-state index is -0.601. The second-order valence-electron chi connectivity index (χ2n) is 4.33. The summed E-state index contributed by atoms with van der Waals surface area (Å²) in [6.07, 6.45) is 2.98. The Hall–Kier alpha value is -2.00. The van der Waals surface area contributed by atoms with Gasteiger partial charge in [0.1, 0.15) is 6.33 Å². The largest absolute Gasteiger partial charge is 0.396 e. The quantitative estimate of drug-likeness (QED) is 0.312.